The van der Waals surface area contributed by atoms with E-state index in [9.17, 15) is 4.79 Å². The standard InChI is InChI=1S/C20H21NO2/c1-14(15(2)22)20-19-7-5-4-6-16(19)12-13-21(20)17-8-10-18(23-3)11-9-17/h4-11,20H,1,12-13H2,2-3H3/t20-/m0/s1. The molecule has 0 amide bonds. The summed E-state index contributed by atoms with van der Waals surface area (Å²) >= 11 is 0. The molecule has 0 N–H and O–H groups in total. The fraction of sp³-hybridized carbons (Fsp3) is 0.250. The number of ether oxygens (including phenoxy) is 1. The molecule has 0 aromatic heterocycles. The first-order chi connectivity index (χ1) is 11.1. The Hall–Kier alpha value is -2.55. The first-order valence-corrected chi connectivity index (χ1v) is 7.80. The average molecular weight is 307 g/mol. The van der Waals surface area contributed by atoms with Gasteiger partial charge in [0.05, 0.1) is 13.2 Å². The fourth-order valence-corrected chi connectivity index (χ4v) is 3.19. The number of benzene rings is 2. The minimum absolute atomic E-state index is 0.0326. The van der Waals surface area contributed by atoms with E-state index in [2.05, 4.69) is 29.7 Å². The Morgan fingerprint density at radius 3 is 2.52 bits per heavy atom. The first-order valence-electron chi connectivity index (χ1n) is 7.80. The summed E-state index contributed by atoms with van der Waals surface area (Å²) in [5, 5.41) is 0. The molecule has 2 aromatic carbocycles. The van der Waals surface area contributed by atoms with Gasteiger partial charge in [-0.1, -0.05) is 30.8 Å². The number of carbonyl (C=O) groups is 1. The predicted octanol–water partition coefficient (Wildman–Crippen LogP) is 3.94. The number of Topliss-reactive ketones (excluding diaryl/α,β-unsaturated/α-hetero) is 1. The smallest absolute Gasteiger partial charge is 0.157 e. The highest BCUT2D eigenvalue weighted by Gasteiger charge is 2.31. The SMILES string of the molecule is C=C(C(C)=O)[C@H]1c2ccccc2CCN1c1ccc(OC)cc1. The second kappa shape index (κ2) is 6.29. The van der Waals surface area contributed by atoms with Crippen molar-refractivity contribution < 1.29 is 9.53 Å². The molecule has 1 aliphatic heterocycles. The van der Waals surface area contributed by atoms with Crippen molar-refractivity contribution in [3.8, 4) is 5.75 Å². The Labute approximate surface area is 137 Å². The van der Waals surface area contributed by atoms with E-state index in [0.29, 0.717) is 5.57 Å². The third-order valence-electron chi connectivity index (χ3n) is 4.47. The molecule has 0 radical (unpaired) electrons. The summed E-state index contributed by atoms with van der Waals surface area (Å²) < 4.78 is 5.24. The van der Waals surface area contributed by atoms with Gasteiger partial charge in [-0.15, -0.1) is 0 Å². The number of anilines is 1. The number of fused-ring (bicyclic) bond motifs is 1. The molecule has 0 saturated carbocycles. The highest BCUT2D eigenvalue weighted by Crippen LogP contribution is 2.38. The Morgan fingerprint density at radius 1 is 1.17 bits per heavy atom. The predicted molar refractivity (Wildman–Crippen MR) is 93.0 cm³/mol. The van der Waals surface area contributed by atoms with E-state index < -0.39 is 0 Å². The third kappa shape index (κ3) is 2.87. The van der Waals surface area contributed by atoms with Crippen LogP contribution >= 0.6 is 0 Å². The number of ketones is 1. The number of hydrogen-bond acceptors (Lipinski definition) is 3. The van der Waals surface area contributed by atoms with Crippen LogP contribution in [0.2, 0.25) is 0 Å². The van der Waals surface area contributed by atoms with Gasteiger partial charge in [0.15, 0.2) is 5.78 Å². The van der Waals surface area contributed by atoms with Gasteiger partial charge in [-0.05, 0) is 48.7 Å². The lowest BCUT2D eigenvalue weighted by molar-refractivity contribution is -0.113. The van der Waals surface area contributed by atoms with Crippen LogP contribution in [0.1, 0.15) is 24.1 Å². The molecule has 3 heteroatoms. The van der Waals surface area contributed by atoms with E-state index in [1.165, 1.54) is 11.1 Å². The van der Waals surface area contributed by atoms with Crippen LogP contribution in [0.15, 0.2) is 60.7 Å². The van der Waals surface area contributed by atoms with Gasteiger partial charge in [0.25, 0.3) is 0 Å². The molecule has 0 bridgehead atoms. The van der Waals surface area contributed by atoms with Crippen molar-refractivity contribution in [3.05, 3.63) is 71.8 Å². The zero-order valence-electron chi connectivity index (χ0n) is 13.6. The number of rotatable bonds is 4. The normalized spacial score (nSPS) is 16.6. The molecule has 3 rings (SSSR count). The van der Waals surface area contributed by atoms with Gasteiger partial charge < -0.3 is 9.64 Å². The lowest BCUT2D eigenvalue weighted by atomic mass is 9.87. The number of carbonyl (C=O) groups excluding carboxylic acids is 1. The molecule has 1 heterocycles. The molecule has 0 aliphatic carbocycles. The Kier molecular flexibility index (Phi) is 4.20. The summed E-state index contributed by atoms with van der Waals surface area (Å²) in [4.78, 5) is 14.2. The highest BCUT2D eigenvalue weighted by atomic mass is 16.5. The van der Waals surface area contributed by atoms with E-state index in [-0.39, 0.29) is 11.8 Å². The molecular formula is C20H21NO2. The van der Waals surface area contributed by atoms with Gasteiger partial charge >= 0.3 is 0 Å². The van der Waals surface area contributed by atoms with Crippen molar-refractivity contribution in [2.24, 2.45) is 0 Å². The number of hydrogen-bond donors (Lipinski definition) is 0. The van der Waals surface area contributed by atoms with Crippen molar-refractivity contribution >= 4 is 11.5 Å². The molecule has 0 saturated heterocycles. The van der Waals surface area contributed by atoms with Crippen LogP contribution in [0.25, 0.3) is 0 Å². The van der Waals surface area contributed by atoms with E-state index in [4.69, 9.17) is 4.74 Å². The molecule has 1 atom stereocenters. The van der Waals surface area contributed by atoms with Crippen molar-refractivity contribution in [1.29, 1.82) is 0 Å². The maximum atomic E-state index is 12.0. The zero-order chi connectivity index (χ0) is 16.4. The van der Waals surface area contributed by atoms with Gasteiger partial charge in [-0.3, -0.25) is 4.79 Å². The van der Waals surface area contributed by atoms with E-state index >= 15 is 0 Å². The molecular weight excluding hydrogens is 286 g/mol. The topological polar surface area (TPSA) is 29.5 Å². The van der Waals surface area contributed by atoms with Gasteiger partial charge in [0, 0.05) is 17.8 Å². The lowest BCUT2D eigenvalue weighted by Crippen LogP contribution is -2.37. The second-order valence-electron chi connectivity index (χ2n) is 5.82. The van der Waals surface area contributed by atoms with Crippen molar-refractivity contribution in [2.45, 2.75) is 19.4 Å². The van der Waals surface area contributed by atoms with Crippen LogP contribution in [0, 0.1) is 0 Å². The minimum atomic E-state index is -0.106. The van der Waals surface area contributed by atoms with Crippen LogP contribution in [-0.4, -0.2) is 19.4 Å². The highest BCUT2D eigenvalue weighted by molar-refractivity contribution is 5.95. The lowest BCUT2D eigenvalue weighted by Gasteiger charge is -2.39. The Bertz CT molecular complexity index is 734. The van der Waals surface area contributed by atoms with Crippen LogP contribution < -0.4 is 9.64 Å². The molecule has 0 unspecified atom stereocenters. The Morgan fingerprint density at radius 2 is 1.87 bits per heavy atom. The number of methoxy groups -OCH3 is 1. The summed E-state index contributed by atoms with van der Waals surface area (Å²) in [7, 11) is 1.66. The quantitative estimate of drug-likeness (QED) is 0.801. The van der Waals surface area contributed by atoms with Crippen LogP contribution in [-0.2, 0) is 11.2 Å². The maximum Gasteiger partial charge on any atom is 0.157 e. The van der Waals surface area contributed by atoms with E-state index in [1.54, 1.807) is 14.0 Å². The fourth-order valence-electron chi connectivity index (χ4n) is 3.19. The van der Waals surface area contributed by atoms with Crippen LogP contribution in [0.5, 0.6) is 5.75 Å². The van der Waals surface area contributed by atoms with Gasteiger partial charge in [-0.25, -0.2) is 0 Å². The molecule has 118 valence electrons. The molecule has 1 aliphatic rings. The molecule has 23 heavy (non-hydrogen) atoms. The third-order valence-corrected chi connectivity index (χ3v) is 4.47. The average Bonchev–Trinajstić information content (AvgIpc) is 2.60. The van der Waals surface area contributed by atoms with Crippen molar-refractivity contribution in [3.63, 3.8) is 0 Å². The first kappa shape index (κ1) is 15.3. The molecule has 2 aromatic rings. The molecule has 0 fully saturated rings. The second-order valence-corrected chi connectivity index (χ2v) is 5.82. The van der Waals surface area contributed by atoms with Crippen molar-refractivity contribution in [2.75, 3.05) is 18.6 Å². The summed E-state index contributed by atoms with van der Waals surface area (Å²) in [6.07, 6.45) is 0.962. The monoisotopic (exact) mass is 307 g/mol. The zero-order valence-corrected chi connectivity index (χ0v) is 13.6. The van der Waals surface area contributed by atoms with Crippen LogP contribution in [0.3, 0.4) is 0 Å². The maximum absolute atomic E-state index is 12.0. The van der Waals surface area contributed by atoms with Gasteiger partial charge in [0.1, 0.15) is 5.75 Å². The molecule has 0 spiro atoms. The largest absolute Gasteiger partial charge is 0.497 e. The Balaban J connectivity index is 2.04. The summed E-state index contributed by atoms with van der Waals surface area (Å²) in [6, 6.07) is 16.2. The van der Waals surface area contributed by atoms with E-state index in [1.807, 2.05) is 30.3 Å². The summed E-state index contributed by atoms with van der Waals surface area (Å²) in [5.74, 6) is 0.860. The molecule has 3 nitrogen and oxygen atoms in total. The van der Waals surface area contributed by atoms with Crippen molar-refractivity contribution in [1.82, 2.24) is 0 Å². The minimum Gasteiger partial charge on any atom is -0.497 e. The summed E-state index contributed by atoms with van der Waals surface area (Å²) in [5.41, 5.74) is 4.18. The van der Waals surface area contributed by atoms with Crippen LogP contribution in [0.4, 0.5) is 5.69 Å². The summed E-state index contributed by atoms with van der Waals surface area (Å²) in [6.45, 7) is 6.52. The van der Waals surface area contributed by atoms with Gasteiger partial charge in [-0.2, -0.15) is 0 Å². The number of nitrogens with zero attached hydrogens (tertiary/aromatic N) is 1. The van der Waals surface area contributed by atoms with E-state index in [0.717, 1.165) is 24.4 Å². The van der Waals surface area contributed by atoms with Gasteiger partial charge in [0.2, 0.25) is 0 Å².